The third-order valence-corrected chi connectivity index (χ3v) is 4.80. The summed E-state index contributed by atoms with van der Waals surface area (Å²) in [7, 11) is 0. The zero-order valence-corrected chi connectivity index (χ0v) is 14.2. The SMILES string of the molecule is C[C@H]1Cc2cccc3c(=O)c(C(=O)Nc4ccc(C(N)=O)cc4)cn1c23. The number of aromatic nitrogens is 1. The molecule has 2 aromatic carbocycles. The minimum absolute atomic E-state index is 0.0994. The Hall–Kier alpha value is -3.41. The molecular formula is C20H17N3O3. The highest BCUT2D eigenvalue weighted by Gasteiger charge is 2.24. The predicted molar refractivity (Wildman–Crippen MR) is 99.5 cm³/mol. The van der Waals surface area contributed by atoms with Crippen LogP contribution in [0.5, 0.6) is 0 Å². The molecule has 6 heteroatoms. The Morgan fingerprint density at radius 1 is 1.15 bits per heavy atom. The van der Waals surface area contributed by atoms with E-state index in [1.165, 1.54) is 12.1 Å². The first-order valence-electron chi connectivity index (χ1n) is 8.33. The van der Waals surface area contributed by atoms with Crippen LogP contribution in [0.25, 0.3) is 10.9 Å². The van der Waals surface area contributed by atoms with Crippen LogP contribution in [0, 0.1) is 0 Å². The van der Waals surface area contributed by atoms with E-state index in [0.717, 1.165) is 17.5 Å². The summed E-state index contributed by atoms with van der Waals surface area (Å²) in [5, 5.41) is 3.27. The van der Waals surface area contributed by atoms with Crippen molar-refractivity contribution in [3.05, 3.63) is 75.6 Å². The molecule has 1 aliphatic heterocycles. The molecule has 0 unspecified atom stereocenters. The summed E-state index contributed by atoms with van der Waals surface area (Å²) in [6.45, 7) is 2.06. The number of carbonyl (C=O) groups excluding carboxylic acids is 2. The molecule has 6 nitrogen and oxygen atoms in total. The van der Waals surface area contributed by atoms with Gasteiger partial charge in [0.15, 0.2) is 0 Å². The van der Waals surface area contributed by atoms with E-state index < -0.39 is 11.8 Å². The molecule has 26 heavy (non-hydrogen) atoms. The van der Waals surface area contributed by atoms with Crippen molar-refractivity contribution in [3.63, 3.8) is 0 Å². The number of rotatable bonds is 3. The molecule has 0 saturated carbocycles. The van der Waals surface area contributed by atoms with Crippen LogP contribution in [0.2, 0.25) is 0 Å². The molecule has 1 aliphatic rings. The number of para-hydroxylation sites is 1. The maximum atomic E-state index is 12.8. The highest BCUT2D eigenvalue weighted by molar-refractivity contribution is 6.06. The Balaban J connectivity index is 1.73. The fourth-order valence-electron chi connectivity index (χ4n) is 3.49. The molecule has 3 aromatic rings. The first-order chi connectivity index (χ1) is 12.5. The first kappa shape index (κ1) is 16.1. The zero-order valence-electron chi connectivity index (χ0n) is 14.2. The van der Waals surface area contributed by atoms with Crippen molar-refractivity contribution in [2.45, 2.75) is 19.4 Å². The van der Waals surface area contributed by atoms with Crippen LogP contribution in [0.15, 0.2) is 53.5 Å². The average molecular weight is 347 g/mol. The normalized spacial score (nSPS) is 15.2. The van der Waals surface area contributed by atoms with Crippen molar-refractivity contribution in [2.24, 2.45) is 5.73 Å². The minimum atomic E-state index is -0.538. The molecule has 2 heterocycles. The largest absolute Gasteiger partial charge is 0.366 e. The molecule has 1 atom stereocenters. The van der Waals surface area contributed by atoms with Crippen LogP contribution >= 0.6 is 0 Å². The fourth-order valence-corrected chi connectivity index (χ4v) is 3.49. The van der Waals surface area contributed by atoms with Gasteiger partial charge >= 0.3 is 0 Å². The maximum absolute atomic E-state index is 12.8. The van der Waals surface area contributed by atoms with Crippen molar-refractivity contribution in [1.82, 2.24) is 4.57 Å². The number of primary amides is 1. The molecule has 0 fully saturated rings. The van der Waals surface area contributed by atoms with E-state index >= 15 is 0 Å². The molecule has 3 N–H and O–H groups in total. The van der Waals surface area contributed by atoms with Crippen LogP contribution in [0.1, 0.15) is 39.2 Å². The number of hydrogen-bond donors (Lipinski definition) is 2. The van der Waals surface area contributed by atoms with E-state index in [1.54, 1.807) is 24.4 Å². The molecule has 130 valence electrons. The molecule has 0 aliphatic carbocycles. The summed E-state index contributed by atoms with van der Waals surface area (Å²) in [6, 6.07) is 12.0. The van der Waals surface area contributed by atoms with E-state index in [9.17, 15) is 14.4 Å². The standard InChI is InChI=1S/C20H17N3O3/c1-11-9-13-3-2-4-15-17(13)23(11)10-16(18(15)24)20(26)22-14-7-5-12(6-8-14)19(21)25/h2-8,10-11H,9H2,1H3,(H2,21,25)(H,22,26)/t11-/m0/s1. The lowest BCUT2D eigenvalue weighted by atomic mass is 10.1. The molecule has 4 rings (SSSR count). The van der Waals surface area contributed by atoms with Crippen LogP contribution in [0.3, 0.4) is 0 Å². The van der Waals surface area contributed by atoms with Gasteiger partial charge in [-0.3, -0.25) is 14.4 Å². The topological polar surface area (TPSA) is 94.2 Å². The number of hydrogen-bond acceptors (Lipinski definition) is 3. The fraction of sp³-hybridized carbons (Fsp3) is 0.150. The van der Waals surface area contributed by atoms with Gasteiger partial charge in [0.25, 0.3) is 5.91 Å². The minimum Gasteiger partial charge on any atom is -0.366 e. The summed E-state index contributed by atoms with van der Waals surface area (Å²) in [6.07, 6.45) is 2.48. The second-order valence-electron chi connectivity index (χ2n) is 6.54. The summed E-state index contributed by atoms with van der Waals surface area (Å²) >= 11 is 0. The van der Waals surface area contributed by atoms with E-state index in [1.807, 2.05) is 16.7 Å². The predicted octanol–water partition coefficient (Wildman–Crippen LogP) is 2.47. The summed E-state index contributed by atoms with van der Waals surface area (Å²) < 4.78 is 2.00. The Bertz CT molecular complexity index is 1110. The number of nitrogens with one attached hydrogen (secondary N) is 1. The van der Waals surface area contributed by atoms with E-state index in [0.29, 0.717) is 16.6 Å². The second-order valence-corrected chi connectivity index (χ2v) is 6.54. The molecule has 0 radical (unpaired) electrons. The van der Waals surface area contributed by atoms with Gasteiger partial charge in [-0.1, -0.05) is 12.1 Å². The van der Waals surface area contributed by atoms with Crippen LogP contribution in [-0.4, -0.2) is 16.4 Å². The third-order valence-electron chi connectivity index (χ3n) is 4.80. The second kappa shape index (κ2) is 5.84. The smallest absolute Gasteiger partial charge is 0.261 e. The molecule has 0 saturated heterocycles. The Morgan fingerprint density at radius 2 is 1.88 bits per heavy atom. The van der Waals surface area contributed by atoms with E-state index in [2.05, 4.69) is 12.2 Å². The number of carbonyl (C=O) groups is 2. The molecular weight excluding hydrogens is 330 g/mol. The molecule has 0 spiro atoms. The van der Waals surface area contributed by atoms with Gasteiger partial charge in [0.1, 0.15) is 5.56 Å². The average Bonchev–Trinajstić information content (AvgIpc) is 2.94. The lowest BCUT2D eigenvalue weighted by Gasteiger charge is -2.12. The number of amides is 2. The lowest BCUT2D eigenvalue weighted by Crippen LogP contribution is -2.23. The number of pyridine rings is 1. The summed E-state index contributed by atoms with van der Waals surface area (Å²) in [5.41, 5.74) is 7.90. The van der Waals surface area contributed by atoms with Gasteiger partial charge in [-0.15, -0.1) is 0 Å². The van der Waals surface area contributed by atoms with Gasteiger partial charge < -0.3 is 15.6 Å². The lowest BCUT2D eigenvalue weighted by molar-refractivity contribution is 0.0998. The highest BCUT2D eigenvalue weighted by Crippen LogP contribution is 2.30. The molecule has 0 bridgehead atoms. The van der Waals surface area contributed by atoms with Gasteiger partial charge in [0, 0.05) is 28.9 Å². The van der Waals surface area contributed by atoms with Crippen LogP contribution in [-0.2, 0) is 6.42 Å². The van der Waals surface area contributed by atoms with E-state index in [-0.39, 0.29) is 17.0 Å². The van der Waals surface area contributed by atoms with Crippen molar-refractivity contribution >= 4 is 28.4 Å². The van der Waals surface area contributed by atoms with Gasteiger partial charge in [0.2, 0.25) is 11.3 Å². The third kappa shape index (κ3) is 2.47. The van der Waals surface area contributed by atoms with Crippen LogP contribution in [0.4, 0.5) is 5.69 Å². The quantitative estimate of drug-likeness (QED) is 0.762. The number of nitrogens with zero attached hydrogens (tertiary/aromatic N) is 1. The zero-order chi connectivity index (χ0) is 18.4. The number of nitrogens with two attached hydrogens (primary N) is 1. The molecule has 1 aromatic heterocycles. The Morgan fingerprint density at radius 3 is 2.58 bits per heavy atom. The molecule has 2 amide bonds. The van der Waals surface area contributed by atoms with Crippen molar-refractivity contribution in [1.29, 1.82) is 0 Å². The van der Waals surface area contributed by atoms with Gasteiger partial charge in [-0.2, -0.15) is 0 Å². The van der Waals surface area contributed by atoms with E-state index in [4.69, 9.17) is 5.73 Å². The van der Waals surface area contributed by atoms with Gasteiger partial charge in [-0.25, -0.2) is 0 Å². The monoisotopic (exact) mass is 347 g/mol. The van der Waals surface area contributed by atoms with Crippen molar-refractivity contribution in [2.75, 3.05) is 5.32 Å². The Labute approximate surface area is 149 Å². The van der Waals surface area contributed by atoms with Gasteiger partial charge in [0.05, 0.1) is 5.52 Å². The first-order valence-corrected chi connectivity index (χ1v) is 8.33. The Kier molecular flexibility index (Phi) is 3.61. The van der Waals surface area contributed by atoms with Crippen molar-refractivity contribution < 1.29 is 9.59 Å². The van der Waals surface area contributed by atoms with Crippen molar-refractivity contribution in [3.8, 4) is 0 Å². The summed E-state index contributed by atoms with van der Waals surface area (Å²) in [5.74, 6) is -1.01. The number of benzene rings is 2. The summed E-state index contributed by atoms with van der Waals surface area (Å²) in [4.78, 5) is 36.6. The number of anilines is 1. The maximum Gasteiger partial charge on any atom is 0.261 e. The van der Waals surface area contributed by atoms with Crippen LogP contribution < -0.4 is 16.5 Å². The highest BCUT2D eigenvalue weighted by atomic mass is 16.2. The van der Waals surface area contributed by atoms with Gasteiger partial charge in [-0.05, 0) is 49.2 Å².